The molecule has 1 aliphatic rings. The van der Waals surface area contributed by atoms with Gasteiger partial charge in [0.1, 0.15) is 11.2 Å². The van der Waals surface area contributed by atoms with Crippen LogP contribution in [-0.4, -0.2) is 0 Å². The molecule has 2 heteroatoms. The first-order chi connectivity index (χ1) is 37.2. The molecule has 12 aromatic carbocycles. The molecule has 75 heavy (non-hydrogen) atoms. The summed E-state index contributed by atoms with van der Waals surface area (Å²) in [5, 5.41) is 2.22. The van der Waals surface area contributed by atoms with E-state index < -0.39 is 5.41 Å². The predicted molar refractivity (Wildman–Crippen MR) is 313 cm³/mol. The first-order valence-electron chi connectivity index (χ1n) is 25.8. The van der Waals surface area contributed by atoms with Crippen molar-refractivity contribution in [2.24, 2.45) is 0 Å². The van der Waals surface area contributed by atoms with E-state index in [0.29, 0.717) is 0 Å². The van der Waals surface area contributed by atoms with E-state index in [1.165, 1.54) is 55.6 Å². The maximum atomic E-state index is 6.85. The van der Waals surface area contributed by atoms with Gasteiger partial charge in [0, 0.05) is 33.4 Å². The second kappa shape index (κ2) is 18.4. The average Bonchev–Trinajstić information content (AvgIpc) is 4.07. The van der Waals surface area contributed by atoms with Crippen LogP contribution in [0.15, 0.2) is 302 Å². The highest BCUT2D eigenvalue weighted by Gasteiger charge is 2.45. The third-order valence-electron chi connectivity index (χ3n) is 15.4. The Morgan fingerprint density at radius 1 is 0.253 bits per heavy atom. The Hall–Kier alpha value is -9.76. The van der Waals surface area contributed by atoms with Crippen molar-refractivity contribution in [3.63, 3.8) is 0 Å². The average molecular weight is 956 g/mol. The van der Waals surface area contributed by atoms with E-state index in [4.69, 9.17) is 4.42 Å². The summed E-state index contributed by atoms with van der Waals surface area (Å²) in [5.74, 6) is 0. The number of nitrogens with zero attached hydrogens (tertiary/aromatic N) is 1. The summed E-state index contributed by atoms with van der Waals surface area (Å²) in [4.78, 5) is 2.33. The molecule has 2 nitrogen and oxygen atoms in total. The molecule has 0 atom stereocenters. The number of hydrogen-bond acceptors (Lipinski definition) is 2. The molecular formula is C73H49NO. The molecule has 352 valence electrons. The molecule has 1 aliphatic carbocycles. The fraction of sp³-hybridized carbons (Fsp3) is 0.0137. The summed E-state index contributed by atoms with van der Waals surface area (Å²) in [6.07, 6.45) is 0. The zero-order chi connectivity index (χ0) is 49.7. The lowest BCUT2D eigenvalue weighted by Gasteiger charge is -2.34. The Kier molecular flexibility index (Phi) is 10.8. The normalized spacial score (nSPS) is 12.4. The van der Waals surface area contributed by atoms with E-state index in [9.17, 15) is 0 Å². The Bertz CT molecular complexity index is 4030. The molecule has 14 rings (SSSR count). The lowest BCUT2D eigenvalue weighted by Crippen LogP contribution is -2.28. The lowest BCUT2D eigenvalue weighted by molar-refractivity contribution is 0.670. The molecule has 13 aromatic rings. The van der Waals surface area contributed by atoms with Crippen LogP contribution in [0.3, 0.4) is 0 Å². The Morgan fingerprint density at radius 3 is 1.13 bits per heavy atom. The molecule has 0 aliphatic heterocycles. The molecule has 1 aromatic heterocycles. The van der Waals surface area contributed by atoms with E-state index in [1.807, 2.05) is 0 Å². The quantitative estimate of drug-likeness (QED) is 0.136. The number of hydrogen-bond donors (Lipinski definition) is 0. The van der Waals surface area contributed by atoms with Gasteiger partial charge in [-0.2, -0.15) is 0 Å². The minimum absolute atomic E-state index is 0.437. The van der Waals surface area contributed by atoms with Crippen LogP contribution in [0.5, 0.6) is 0 Å². The number of furan rings is 1. The third-order valence-corrected chi connectivity index (χ3v) is 15.4. The van der Waals surface area contributed by atoms with Crippen LogP contribution in [0, 0.1) is 0 Å². The smallest absolute Gasteiger partial charge is 0.143 e. The van der Waals surface area contributed by atoms with Crippen molar-refractivity contribution in [1.82, 2.24) is 0 Å². The monoisotopic (exact) mass is 955 g/mol. The topological polar surface area (TPSA) is 16.4 Å². The fourth-order valence-electron chi connectivity index (χ4n) is 11.8. The molecule has 1 heterocycles. The van der Waals surface area contributed by atoms with Crippen LogP contribution >= 0.6 is 0 Å². The molecule has 0 spiro atoms. The van der Waals surface area contributed by atoms with Gasteiger partial charge in [-0.3, -0.25) is 0 Å². The highest BCUT2D eigenvalue weighted by molar-refractivity contribution is 6.10. The Morgan fingerprint density at radius 2 is 0.627 bits per heavy atom. The lowest BCUT2D eigenvalue weighted by atomic mass is 9.67. The van der Waals surface area contributed by atoms with Crippen LogP contribution in [0.1, 0.15) is 22.3 Å². The van der Waals surface area contributed by atoms with E-state index in [2.05, 4.69) is 302 Å². The highest BCUT2D eigenvalue weighted by Crippen LogP contribution is 2.56. The van der Waals surface area contributed by atoms with Gasteiger partial charge in [0.05, 0.1) is 5.41 Å². The van der Waals surface area contributed by atoms with Crippen LogP contribution in [0.2, 0.25) is 0 Å². The van der Waals surface area contributed by atoms with Gasteiger partial charge < -0.3 is 9.32 Å². The highest BCUT2D eigenvalue weighted by atomic mass is 16.3. The zero-order valence-electron chi connectivity index (χ0n) is 41.1. The minimum Gasteiger partial charge on any atom is -0.455 e. The van der Waals surface area contributed by atoms with Crippen molar-refractivity contribution < 1.29 is 4.42 Å². The van der Waals surface area contributed by atoms with E-state index in [0.717, 1.165) is 72.4 Å². The minimum atomic E-state index is -0.437. The number of anilines is 3. The number of fused-ring (bicyclic) bond motifs is 6. The summed E-state index contributed by atoms with van der Waals surface area (Å²) in [6, 6.07) is 108. The molecule has 0 radical (unpaired) electrons. The van der Waals surface area contributed by atoms with Gasteiger partial charge in [-0.05, 0) is 132 Å². The van der Waals surface area contributed by atoms with Gasteiger partial charge in [0.25, 0.3) is 0 Å². The largest absolute Gasteiger partial charge is 0.455 e. The molecule has 0 saturated heterocycles. The third kappa shape index (κ3) is 7.58. The summed E-state index contributed by atoms with van der Waals surface area (Å²) >= 11 is 0. The van der Waals surface area contributed by atoms with Gasteiger partial charge in [-0.1, -0.05) is 249 Å². The first kappa shape index (κ1) is 44.0. The van der Waals surface area contributed by atoms with Crippen molar-refractivity contribution in [3.05, 3.63) is 320 Å². The van der Waals surface area contributed by atoms with Crippen molar-refractivity contribution in [2.45, 2.75) is 5.41 Å². The van der Waals surface area contributed by atoms with Gasteiger partial charge in [-0.25, -0.2) is 0 Å². The van der Waals surface area contributed by atoms with Crippen molar-refractivity contribution >= 4 is 39.0 Å². The maximum Gasteiger partial charge on any atom is 0.143 e. The summed E-state index contributed by atoms with van der Waals surface area (Å²) in [7, 11) is 0. The zero-order valence-corrected chi connectivity index (χ0v) is 41.1. The Balaban J connectivity index is 0.750. The molecule has 0 saturated carbocycles. The van der Waals surface area contributed by atoms with Crippen LogP contribution in [0.4, 0.5) is 17.1 Å². The van der Waals surface area contributed by atoms with E-state index in [1.54, 1.807) is 0 Å². The summed E-state index contributed by atoms with van der Waals surface area (Å²) < 4.78 is 6.85. The molecule has 0 N–H and O–H groups in total. The number of para-hydroxylation sites is 1. The van der Waals surface area contributed by atoms with Gasteiger partial charge in [0.2, 0.25) is 0 Å². The standard InChI is InChI=1S/C73H49NO/c1-4-15-50(16-5-1)53-33-42-61(43-34-53)74(62-44-35-54(36-45-62)51-17-6-2-7-18-51)63-46-37-55(38-47-63)52-27-29-56(30-28-52)58-39-48-67-68-24-14-23-64(72(68)75-71(67)49-58)57-31-40-60(41-32-57)73(59-19-8-3-9-20-59)69-25-12-10-21-65(69)66-22-11-13-26-70(66)73/h1-49H. The second-order valence-corrected chi connectivity index (χ2v) is 19.6. The van der Waals surface area contributed by atoms with E-state index in [-0.39, 0.29) is 0 Å². The predicted octanol–water partition coefficient (Wildman–Crippen LogP) is 19.8. The first-order valence-corrected chi connectivity index (χ1v) is 25.8. The van der Waals surface area contributed by atoms with Crippen LogP contribution in [0.25, 0.3) is 88.7 Å². The summed E-state index contributed by atoms with van der Waals surface area (Å²) in [5.41, 5.74) is 23.9. The Labute approximate surface area is 437 Å². The fourth-order valence-corrected chi connectivity index (χ4v) is 11.8. The van der Waals surface area contributed by atoms with Gasteiger partial charge in [0.15, 0.2) is 0 Å². The van der Waals surface area contributed by atoms with Gasteiger partial charge >= 0.3 is 0 Å². The molecule has 0 bridgehead atoms. The molecule has 0 amide bonds. The summed E-state index contributed by atoms with van der Waals surface area (Å²) in [6.45, 7) is 0. The van der Waals surface area contributed by atoms with Crippen molar-refractivity contribution in [3.8, 4) is 66.8 Å². The SMILES string of the molecule is c1ccc(-c2ccc(N(c3ccc(-c4ccccc4)cc3)c3ccc(-c4ccc(-c5ccc6c(c5)oc5c(-c7ccc(C8(c9ccccc9)c9ccccc9-c9ccccc98)cc7)cccc56)cc4)cc3)cc2)cc1. The van der Waals surface area contributed by atoms with Crippen molar-refractivity contribution in [2.75, 3.05) is 4.90 Å². The molecule has 0 unspecified atom stereocenters. The second-order valence-electron chi connectivity index (χ2n) is 19.6. The molecular weight excluding hydrogens is 907 g/mol. The molecule has 0 fully saturated rings. The number of rotatable bonds is 10. The van der Waals surface area contributed by atoms with Gasteiger partial charge in [-0.15, -0.1) is 0 Å². The van der Waals surface area contributed by atoms with Crippen LogP contribution in [-0.2, 0) is 5.41 Å². The van der Waals surface area contributed by atoms with E-state index >= 15 is 0 Å². The van der Waals surface area contributed by atoms with Crippen molar-refractivity contribution in [1.29, 1.82) is 0 Å². The van der Waals surface area contributed by atoms with Crippen LogP contribution < -0.4 is 4.90 Å². The number of benzene rings is 12. The maximum absolute atomic E-state index is 6.85.